The quantitative estimate of drug-likeness (QED) is 0.786. The number of nitrogen functional groups attached to an aromatic ring is 1. The Kier molecular flexibility index (Phi) is 3.06. The largest absolute Gasteiger partial charge is 0.398 e. The Bertz CT molecular complexity index is 525. The van der Waals surface area contributed by atoms with Crippen LogP contribution in [0.2, 0.25) is 0 Å². The number of hydrogen-bond acceptors (Lipinski definition) is 2. The molecule has 1 unspecified atom stereocenters. The zero-order valence-electron chi connectivity index (χ0n) is 8.90. The van der Waals surface area contributed by atoms with E-state index in [4.69, 9.17) is 5.73 Å². The third-order valence-corrected chi connectivity index (χ3v) is 2.53. The van der Waals surface area contributed by atoms with E-state index < -0.39 is 17.7 Å². The first-order valence-corrected chi connectivity index (χ1v) is 5.06. The lowest BCUT2D eigenvalue weighted by atomic mass is 10.00. The molecular weight excluding hydrogens is 224 g/mol. The summed E-state index contributed by atoms with van der Waals surface area (Å²) in [5, 5.41) is 10.0. The van der Waals surface area contributed by atoms with Crippen LogP contribution in [0.25, 0.3) is 0 Å². The lowest BCUT2D eigenvalue weighted by molar-refractivity contribution is 0.220. The molecule has 0 saturated carbocycles. The Hall–Kier alpha value is -1.94. The van der Waals surface area contributed by atoms with E-state index in [0.717, 1.165) is 0 Å². The third-order valence-electron chi connectivity index (χ3n) is 2.53. The van der Waals surface area contributed by atoms with Gasteiger partial charge in [-0.2, -0.15) is 0 Å². The van der Waals surface area contributed by atoms with Crippen molar-refractivity contribution in [2.75, 3.05) is 5.73 Å². The van der Waals surface area contributed by atoms with Gasteiger partial charge in [-0.1, -0.05) is 12.1 Å². The fourth-order valence-corrected chi connectivity index (χ4v) is 1.61. The van der Waals surface area contributed by atoms with Gasteiger partial charge in [0.2, 0.25) is 0 Å². The first-order valence-electron chi connectivity index (χ1n) is 5.06. The van der Waals surface area contributed by atoms with Crippen LogP contribution in [-0.4, -0.2) is 5.11 Å². The number of anilines is 1. The summed E-state index contributed by atoms with van der Waals surface area (Å²) in [5.74, 6) is -0.872. The van der Waals surface area contributed by atoms with E-state index >= 15 is 0 Å². The number of aliphatic hydroxyl groups excluding tert-OH is 1. The van der Waals surface area contributed by atoms with Gasteiger partial charge in [0.05, 0.1) is 0 Å². The van der Waals surface area contributed by atoms with Crippen LogP contribution in [-0.2, 0) is 0 Å². The molecule has 0 amide bonds. The molecule has 0 aliphatic rings. The topological polar surface area (TPSA) is 46.2 Å². The van der Waals surface area contributed by atoms with Crippen LogP contribution >= 0.6 is 0 Å². The number of aliphatic hydroxyl groups is 1. The molecule has 1 atom stereocenters. The van der Waals surface area contributed by atoms with Crippen LogP contribution in [0, 0.1) is 11.6 Å². The molecule has 0 spiro atoms. The van der Waals surface area contributed by atoms with Crippen molar-refractivity contribution >= 4 is 5.69 Å². The van der Waals surface area contributed by atoms with E-state index in [1.807, 2.05) is 0 Å². The standard InChI is InChI=1S/C13H11F2NO/c14-9-3-1-8(2-4-9)13(17)11-7-10(15)5-6-12(11)16/h1-7,13,17H,16H2. The SMILES string of the molecule is Nc1ccc(F)cc1C(O)c1ccc(F)cc1. The number of halogens is 2. The minimum absolute atomic E-state index is 0.275. The normalized spacial score (nSPS) is 12.4. The lowest BCUT2D eigenvalue weighted by Crippen LogP contribution is -2.04. The number of benzene rings is 2. The van der Waals surface area contributed by atoms with Gasteiger partial charge in [0.15, 0.2) is 0 Å². The predicted octanol–water partition coefficient (Wildman–Crippen LogP) is 2.63. The van der Waals surface area contributed by atoms with Crippen LogP contribution < -0.4 is 5.73 Å². The number of rotatable bonds is 2. The van der Waals surface area contributed by atoms with Gasteiger partial charge in [-0.3, -0.25) is 0 Å². The minimum Gasteiger partial charge on any atom is -0.398 e. The first kappa shape index (κ1) is 11.5. The third kappa shape index (κ3) is 2.42. The molecule has 0 heterocycles. The second kappa shape index (κ2) is 4.51. The summed E-state index contributed by atoms with van der Waals surface area (Å²) in [6.07, 6.45) is -1.06. The molecular formula is C13H11F2NO. The molecule has 2 aromatic rings. The van der Waals surface area contributed by atoms with Crippen molar-refractivity contribution in [1.82, 2.24) is 0 Å². The summed E-state index contributed by atoms with van der Waals surface area (Å²) < 4.78 is 25.8. The van der Waals surface area contributed by atoms with E-state index in [1.165, 1.54) is 42.5 Å². The summed E-state index contributed by atoms with van der Waals surface area (Å²) in [4.78, 5) is 0. The van der Waals surface area contributed by atoms with Crippen molar-refractivity contribution in [2.24, 2.45) is 0 Å². The van der Waals surface area contributed by atoms with Crippen molar-refractivity contribution in [2.45, 2.75) is 6.10 Å². The molecule has 0 fully saturated rings. The second-order valence-corrected chi connectivity index (χ2v) is 3.73. The fraction of sp³-hybridized carbons (Fsp3) is 0.0769. The van der Waals surface area contributed by atoms with Gasteiger partial charge in [-0.15, -0.1) is 0 Å². The van der Waals surface area contributed by atoms with Crippen LogP contribution in [0.1, 0.15) is 17.2 Å². The molecule has 3 N–H and O–H groups in total. The van der Waals surface area contributed by atoms with E-state index in [9.17, 15) is 13.9 Å². The van der Waals surface area contributed by atoms with Crippen LogP contribution in [0.4, 0.5) is 14.5 Å². The van der Waals surface area contributed by atoms with E-state index in [0.29, 0.717) is 11.3 Å². The minimum atomic E-state index is -1.06. The van der Waals surface area contributed by atoms with Crippen LogP contribution in [0.5, 0.6) is 0 Å². The van der Waals surface area contributed by atoms with Crippen LogP contribution in [0.3, 0.4) is 0 Å². The molecule has 17 heavy (non-hydrogen) atoms. The highest BCUT2D eigenvalue weighted by atomic mass is 19.1. The van der Waals surface area contributed by atoms with Gasteiger partial charge in [-0.05, 0) is 35.9 Å². The molecule has 2 nitrogen and oxygen atoms in total. The average molecular weight is 235 g/mol. The zero-order chi connectivity index (χ0) is 12.4. The van der Waals surface area contributed by atoms with Gasteiger partial charge >= 0.3 is 0 Å². The molecule has 0 aliphatic heterocycles. The van der Waals surface area contributed by atoms with Gasteiger partial charge in [0, 0.05) is 11.3 Å². The summed E-state index contributed by atoms with van der Waals surface area (Å²) in [6, 6.07) is 9.10. The molecule has 88 valence electrons. The molecule has 4 heteroatoms. The maximum atomic E-state index is 13.1. The van der Waals surface area contributed by atoms with Crippen molar-refractivity contribution in [1.29, 1.82) is 0 Å². The van der Waals surface area contributed by atoms with Crippen molar-refractivity contribution in [3.8, 4) is 0 Å². The number of nitrogens with two attached hydrogens (primary N) is 1. The highest BCUT2D eigenvalue weighted by Crippen LogP contribution is 2.27. The maximum Gasteiger partial charge on any atom is 0.123 e. The molecule has 0 saturated heterocycles. The van der Waals surface area contributed by atoms with Gasteiger partial charge in [0.25, 0.3) is 0 Å². The summed E-state index contributed by atoms with van der Waals surface area (Å²) in [6.45, 7) is 0. The predicted molar refractivity (Wildman–Crippen MR) is 61.3 cm³/mol. The van der Waals surface area contributed by atoms with Crippen molar-refractivity contribution in [3.05, 3.63) is 65.2 Å². The Morgan fingerprint density at radius 3 is 2.18 bits per heavy atom. The molecule has 2 rings (SSSR count). The maximum absolute atomic E-state index is 13.1. The Morgan fingerprint density at radius 2 is 1.53 bits per heavy atom. The van der Waals surface area contributed by atoms with Crippen molar-refractivity contribution < 1.29 is 13.9 Å². The van der Waals surface area contributed by atoms with Gasteiger partial charge in [-0.25, -0.2) is 8.78 Å². The first-order chi connectivity index (χ1) is 8.08. The van der Waals surface area contributed by atoms with Gasteiger partial charge < -0.3 is 10.8 Å². The summed E-state index contributed by atoms with van der Waals surface area (Å²) in [7, 11) is 0. The monoisotopic (exact) mass is 235 g/mol. The number of hydrogen-bond donors (Lipinski definition) is 2. The highest BCUT2D eigenvalue weighted by Gasteiger charge is 2.14. The second-order valence-electron chi connectivity index (χ2n) is 3.73. The summed E-state index contributed by atoms with van der Waals surface area (Å²) in [5.41, 5.74) is 6.69. The molecule has 0 aliphatic carbocycles. The molecule has 0 bridgehead atoms. The van der Waals surface area contributed by atoms with E-state index in [1.54, 1.807) is 0 Å². The molecule has 0 aromatic heterocycles. The van der Waals surface area contributed by atoms with Crippen LogP contribution in [0.15, 0.2) is 42.5 Å². The van der Waals surface area contributed by atoms with E-state index in [-0.39, 0.29) is 5.56 Å². The van der Waals surface area contributed by atoms with E-state index in [2.05, 4.69) is 0 Å². The Balaban J connectivity index is 2.39. The highest BCUT2D eigenvalue weighted by molar-refractivity contribution is 5.50. The summed E-state index contributed by atoms with van der Waals surface area (Å²) >= 11 is 0. The zero-order valence-corrected chi connectivity index (χ0v) is 8.90. The van der Waals surface area contributed by atoms with Crippen molar-refractivity contribution in [3.63, 3.8) is 0 Å². The Labute approximate surface area is 97.3 Å². The molecule has 0 radical (unpaired) electrons. The fourth-order valence-electron chi connectivity index (χ4n) is 1.61. The molecule has 2 aromatic carbocycles. The smallest absolute Gasteiger partial charge is 0.123 e. The lowest BCUT2D eigenvalue weighted by Gasteiger charge is -2.13. The average Bonchev–Trinajstić information content (AvgIpc) is 2.32. The van der Waals surface area contributed by atoms with Gasteiger partial charge in [0.1, 0.15) is 17.7 Å². The Morgan fingerprint density at radius 1 is 0.941 bits per heavy atom.